The lowest BCUT2D eigenvalue weighted by Gasteiger charge is -2.35. The summed E-state index contributed by atoms with van der Waals surface area (Å²) < 4.78 is 0.734. The Labute approximate surface area is 110 Å². The minimum absolute atomic E-state index is 0.668. The average molecular weight is 304 g/mol. The minimum atomic E-state index is 0.668. The molecule has 1 aromatic heterocycles. The molecule has 88 valence electrons. The summed E-state index contributed by atoms with van der Waals surface area (Å²) in [7, 11) is 0. The first-order chi connectivity index (χ1) is 7.56. The molecule has 2 rings (SSSR count). The number of piperidine rings is 1. The van der Waals surface area contributed by atoms with Gasteiger partial charge in [-0.2, -0.15) is 0 Å². The number of hydrogen-bond donors (Lipinski definition) is 0. The second kappa shape index (κ2) is 4.92. The molecule has 0 aromatic carbocycles. The van der Waals surface area contributed by atoms with E-state index in [1.165, 1.54) is 6.42 Å². The van der Waals surface area contributed by atoms with Crippen LogP contribution in [0.1, 0.15) is 20.3 Å². The molecule has 0 bridgehead atoms. The van der Waals surface area contributed by atoms with E-state index < -0.39 is 0 Å². The van der Waals surface area contributed by atoms with E-state index in [4.69, 9.17) is 11.6 Å². The van der Waals surface area contributed by atoms with Crippen molar-refractivity contribution in [2.45, 2.75) is 20.3 Å². The molecule has 1 fully saturated rings. The molecule has 2 atom stereocenters. The Morgan fingerprint density at radius 3 is 2.50 bits per heavy atom. The summed E-state index contributed by atoms with van der Waals surface area (Å²) >= 11 is 9.32. The van der Waals surface area contributed by atoms with Gasteiger partial charge in [-0.25, -0.2) is 4.98 Å². The quantitative estimate of drug-likeness (QED) is 0.730. The van der Waals surface area contributed by atoms with Gasteiger partial charge in [0.2, 0.25) is 0 Å². The van der Waals surface area contributed by atoms with E-state index in [2.05, 4.69) is 39.7 Å². The first-order valence-electron chi connectivity index (χ1n) is 5.63. The van der Waals surface area contributed by atoms with Gasteiger partial charge in [-0.05, 0) is 46.3 Å². The van der Waals surface area contributed by atoms with Gasteiger partial charge in [0.15, 0.2) is 0 Å². The van der Waals surface area contributed by atoms with E-state index >= 15 is 0 Å². The molecule has 1 aliphatic heterocycles. The third kappa shape index (κ3) is 2.69. The topological polar surface area (TPSA) is 16.1 Å². The molecule has 2 heterocycles. The number of halogens is 2. The summed E-state index contributed by atoms with van der Waals surface area (Å²) in [6.07, 6.45) is 1.31. The highest BCUT2D eigenvalue weighted by Gasteiger charge is 2.22. The van der Waals surface area contributed by atoms with Gasteiger partial charge in [-0.15, -0.1) is 0 Å². The highest BCUT2D eigenvalue weighted by atomic mass is 79.9. The van der Waals surface area contributed by atoms with Gasteiger partial charge in [0.05, 0.1) is 5.02 Å². The Morgan fingerprint density at radius 1 is 1.31 bits per heavy atom. The Kier molecular flexibility index (Phi) is 3.75. The lowest BCUT2D eigenvalue weighted by molar-refractivity contribution is 0.355. The zero-order valence-corrected chi connectivity index (χ0v) is 11.9. The molecular weight excluding hydrogens is 288 g/mol. The van der Waals surface area contributed by atoms with Crippen LogP contribution in [0, 0.1) is 11.8 Å². The maximum atomic E-state index is 5.95. The molecule has 2 nitrogen and oxygen atoms in total. The molecule has 2 unspecified atom stereocenters. The third-order valence-electron chi connectivity index (χ3n) is 2.98. The average Bonchev–Trinajstić information content (AvgIpc) is 2.20. The van der Waals surface area contributed by atoms with Crippen LogP contribution in [0.15, 0.2) is 16.7 Å². The van der Waals surface area contributed by atoms with Gasteiger partial charge in [0.25, 0.3) is 0 Å². The third-order valence-corrected chi connectivity index (χ3v) is 4.12. The predicted molar refractivity (Wildman–Crippen MR) is 72.1 cm³/mol. The normalized spacial score (nSPS) is 25.9. The summed E-state index contributed by atoms with van der Waals surface area (Å²) in [5.74, 6) is 2.50. The molecule has 0 amide bonds. The number of nitrogens with zero attached hydrogens (tertiary/aromatic N) is 2. The monoisotopic (exact) mass is 302 g/mol. The van der Waals surface area contributed by atoms with Gasteiger partial charge >= 0.3 is 0 Å². The zero-order chi connectivity index (χ0) is 11.7. The van der Waals surface area contributed by atoms with Gasteiger partial charge in [-0.3, -0.25) is 0 Å². The van der Waals surface area contributed by atoms with Crippen LogP contribution in [-0.2, 0) is 0 Å². The highest BCUT2D eigenvalue weighted by Crippen LogP contribution is 2.28. The molecular formula is C12H16BrClN2. The second-order valence-electron chi connectivity index (χ2n) is 4.79. The van der Waals surface area contributed by atoms with E-state index in [1.54, 1.807) is 0 Å². The van der Waals surface area contributed by atoms with Gasteiger partial charge in [0, 0.05) is 13.1 Å². The fourth-order valence-electron chi connectivity index (χ4n) is 2.43. The predicted octanol–water partition coefficient (Wildman–Crippen LogP) is 3.98. The highest BCUT2D eigenvalue weighted by molar-refractivity contribution is 9.10. The molecule has 16 heavy (non-hydrogen) atoms. The van der Waals surface area contributed by atoms with Crippen LogP contribution >= 0.6 is 27.5 Å². The summed E-state index contributed by atoms with van der Waals surface area (Å²) in [5, 5.41) is 0.668. The number of hydrogen-bond acceptors (Lipinski definition) is 2. The summed E-state index contributed by atoms with van der Waals surface area (Å²) in [6, 6.07) is 3.90. The van der Waals surface area contributed by atoms with Gasteiger partial charge in [0.1, 0.15) is 10.4 Å². The molecule has 1 saturated heterocycles. The maximum absolute atomic E-state index is 5.95. The van der Waals surface area contributed by atoms with Crippen molar-refractivity contribution in [1.29, 1.82) is 0 Å². The second-order valence-corrected chi connectivity index (χ2v) is 5.95. The lowest BCUT2D eigenvalue weighted by atomic mass is 9.92. The van der Waals surface area contributed by atoms with Crippen LogP contribution in [-0.4, -0.2) is 18.1 Å². The molecule has 0 aliphatic carbocycles. The number of aromatic nitrogens is 1. The Balaban J connectivity index is 2.19. The molecule has 0 saturated carbocycles. The van der Waals surface area contributed by atoms with Crippen LogP contribution in [0.2, 0.25) is 5.02 Å². The van der Waals surface area contributed by atoms with Crippen LogP contribution in [0.3, 0.4) is 0 Å². The molecule has 0 radical (unpaired) electrons. The summed E-state index contributed by atoms with van der Waals surface area (Å²) in [4.78, 5) is 6.82. The van der Waals surface area contributed by atoms with E-state index in [0.717, 1.165) is 35.3 Å². The first kappa shape index (κ1) is 12.2. The zero-order valence-electron chi connectivity index (χ0n) is 9.58. The molecule has 0 N–H and O–H groups in total. The fraction of sp³-hybridized carbons (Fsp3) is 0.583. The maximum Gasteiger partial charge on any atom is 0.129 e. The van der Waals surface area contributed by atoms with Crippen molar-refractivity contribution in [3.05, 3.63) is 21.8 Å². The molecule has 1 aliphatic rings. The number of rotatable bonds is 1. The van der Waals surface area contributed by atoms with E-state index in [0.29, 0.717) is 5.02 Å². The Morgan fingerprint density at radius 2 is 1.94 bits per heavy atom. The van der Waals surface area contributed by atoms with Crippen molar-refractivity contribution >= 4 is 33.3 Å². The lowest BCUT2D eigenvalue weighted by Crippen LogP contribution is -2.39. The van der Waals surface area contributed by atoms with Crippen molar-refractivity contribution in [2.75, 3.05) is 18.0 Å². The van der Waals surface area contributed by atoms with Crippen molar-refractivity contribution < 1.29 is 0 Å². The summed E-state index contributed by atoms with van der Waals surface area (Å²) in [5.41, 5.74) is 0. The largest absolute Gasteiger partial charge is 0.356 e. The van der Waals surface area contributed by atoms with Crippen LogP contribution in [0.25, 0.3) is 0 Å². The van der Waals surface area contributed by atoms with Crippen molar-refractivity contribution in [3.8, 4) is 0 Å². The SMILES string of the molecule is CC1CC(C)CN(c2ccc(Cl)c(Br)n2)C1. The minimum Gasteiger partial charge on any atom is -0.356 e. The Bertz CT molecular complexity index is 373. The van der Waals surface area contributed by atoms with Gasteiger partial charge in [-0.1, -0.05) is 25.4 Å². The van der Waals surface area contributed by atoms with Crippen molar-refractivity contribution in [2.24, 2.45) is 11.8 Å². The van der Waals surface area contributed by atoms with Crippen molar-refractivity contribution in [1.82, 2.24) is 4.98 Å². The first-order valence-corrected chi connectivity index (χ1v) is 6.80. The van der Waals surface area contributed by atoms with Crippen LogP contribution in [0.5, 0.6) is 0 Å². The fourth-order valence-corrected chi connectivity index (χ4v) is 2.85. The smallest absolute Gasteiger partial charge is 0.129 e. The Hall–Kier alpha value is -0.280. The van der Waals surface area contributed by atoms with E-state index in [-0.39, 0.29) is 0 Å². The molecule has 4 heteroatoms. The van der Waals surface area contributed by atoms with Crippen LogP contribution < -0.4 is 4.90 Å². The molecule has 0 spiro atoms. The van der Waals surface area contributed by atoms with E-state index in [1.807, 2.05) is 12.1 Å². The molecule has 1 aromatic rings. The van der Waals surface area contributed by atoms with E-state index in [9.17, 15) is 0 Å². The summed E-state index contributed by atoms with van der Waals surface area (Å²) in [6.45, 7) is 6.78. The standard InChI is InChI=1S/C12H16BrClN2/c1-8-5-9(2)7-16(6-8)11-4-3-10(14)12(13)15-11/h3-4,8-9H,5-7H2,1-2H3. The van der Waals surface area contributed by atoms with Crippen LogP contribution in [0.4, 0.5) is 5.82 Å². The number of pyridine rings is 1. The van der Waals surface area contributed by atoms with Crippen molar-refractivity contribution in [3.63, 3.8) is 0 Å². The van der Waals surface area contributed by atoms with Gasteiger partial charge < -0.3 is 4.90 Å². The number of anilines is 1.